The molecule has 8 nitrogen and oxygen atoms in total. The molecule has 1 fully saturated rings. The molecule has 0 unspecified atom stereocenters. The first-order chi connectivity index (χ1) is 12.7. The molecule has 0 aliphatic carbocycles. The van der Waals surface area contributed by atoms with Gasteiger partial charge in [0.25, 0.3) is 5.56 Å². The lowest BCUT2D eigenvalue weighted by Crippen LogP contribution is -2.41. The van der Waals surface area contributed by atoms with Gasteiger partial charge in [-0.1, -0.05) is 17.3 Å². The molecule has 2 aromatic rings. The first-order valence-corrected chi connectivity index (χ1v) is 9.11. The van der Waals surface area contributed by atoms with Crippen LogP contribution in [0.1, 0.15) is 25.7 Å². The van der Waals surface area contributed by atoms with E-state index in [4.69, 9.17) is 10.5 Å². The van der Waals surface area contributed by atoms with Crippen LogP contribution in [0.3, 0.4) is 0 Å². The van der Waals surface area contributed by atoms with Gasteiger partial charge in [-0.15, -0.1) is 17.5 Å². The van der Waals surface area contributed by atoms with Crippen molar-refractivity contribution in [3.8, 4) is 0 Å². The van der Waals surface area contributed by atoms with Gasteiger partial charge in [-0.2, -0.15) is 0 Å². The highest BCUT2D eigenvalue weighted by Crippen LogP contribution is 2.15. The number of carbonyl (C=O) groups is 1. The molecule has 1 saturated heterocycles. The molecule has 0 radical (unpaired) electrons. The second-order valence-corrected chi connectivity index (χ2v) is 6.48. The largest absolute Gasteiger partial charge is 0.378 e. The van der Waals surface area contributed by atoms with Gasteiger partial charge in [0.15, 0.2) is 0 Å². The lowest BCUT2D eigenvalue weighted by atomic mass is 10.1. The molecule has 3 rings (SSSR count). The van der Waals surface area contributed by atoms with Crippen LogP contribution in [0, 0.1) is 0 Å². The summed E-state index contributed by atoms with van der Waals surface area (Å²) in [7, 11) is 0. The second kappa shape index (κ2) is 10.3. The van der Waals surface area contributed by atoms with E-state index in [0.717, 1.165) is 19.3 Å². The zero-order chi connectivity index (χ0) is 18.4. The number of rotatable bonds is 7. The van der Waals surface area contributed by atoms with Crippen molar-refractivity contribution in [3.63, 3.8) is 0 Å². The summed E-state index contributed by atoms with van der Waals surface area (Å²) in [6.07, 6.45) is 2.99. The Kier molecular flexibility index (Phi) is 8.15. The van der Waals surface area contributed by atoms with E-state index < -0.39 is 0 Å². The van der Waals surface area contributed by atoms with Crippen molar-refractivity contribution in [2.45, 2.75) is 38.3 Å². The molecule has 0 bridgehead atoms. The minimum atomic E-state index is -0.213. The third-order valence-corrected chi connectivity index (χ3v) is 4.66. The number of piperidine rings is 1. The van der Waals surface area contributed by atoms with Crippen molar-refractivity contribution in [2.24, 2.45) is 5.73 Å². The van der Waals surface area contributed by atoms with E-state index in [1.54, 1.807) is 18.2 Å². The van der Waals surface area contributed by atoms with Crippen molar-refractivity contribution < 1.29 is 9.53 Å². The lowest BCUT2D eigenvalue weighted by Gasteiger charge is -2.32. The summed E-state index contributed by atoms with van der Waals surface area (Å²) in [6, 6.07) is 7.08. The number of benzene rings is 1. The van der Waals surface area contributed by atoms with Crippen LogP contribution in [0.15, 0.2) is 29.1 Å². The van der Waals surface area contributed by atoms with Crippen molar-refractivity contribution in [1.82, 2.24) is 19.9 Å². The molecule has 0 spiro atoms. The van der Waals surface area contributed by atoms with E-state index >= 15 is 0 Å². The number of aromatic nitrogens is 3. The van der Waals surface area contributed by atoms with Crippen molar-refractivity contribution in [2.75, 3.05) is 26.2 Å². The molecule has 1 aliphatic rings. The molecule has 1 amide bonds. The maximum absolute atomic E-state index is 12.4. The monoisotopic (exact) mass is 395 g/mol. The third-order valence-electron chi connectivity index (χ3n) is 4.66. The Labute approximate surface area is 164 Å². The first kappa shape index (κ1) is 21.3. The Balaban J connectivity index is 0.00000261. The molecular formula is C18H26ClN5O3. The molecular weight excluding hydrogens is 370 g/mol. The van der Waals surface area contributed by atoms with Crippen LogP contribution in [0.25, 0.3) is 10.9 Å². The van der Waals surface area contributed by atoms with E-state index in [1.807, 2.05) is 11.0 Å². The van der Waals surface area contributed by atoms with E-state index in [-0.39, 0.29) is 42.9 Å². The summed E-state index contributed by atoms with van der Waals surface area (Å²) < 4.78 is 7.02. The molecule has 27 heavy (non-hydrogen) atoms. The molecule has 0 saturated carbocycles. The van der Waals surface area contributed by atoms with Gasteiger partial charge in [0, 0.05) is 26.1 Å². The quantitative estimate of drug-likeness (QED) is 0.700. The first-order valence-electron chi connectivity index (χ1n) is 9.11. The highest BCUT2D eigenvalue weighted by atomic mass is 35.5. The van der Waals surface area contributed by atoms with Crippen LogP contribution in [-0.4, -0.2) is 58.1 Å². The van der Waals surface area contributed by atoms with Crippen molar-refractivity contribution in [3.05, 3.63) is 34.6 Å². The van der Waals surface area contributed by atoms with Gasteiger partial charge in [-0.05, 0) is 37.9 Å². The zero-order valence-corrected chi connectivity index (χ0v) is 16.1. The standard InChI is InChI=1S/C18H25N5O3.ClH/c19-9-3-13-26-14-6-10-22(11-7-14)17(24)8-12-23-18(25)15-4-1-2-5-16(15)20-21-23;/h1-2,4-5,14H,3,6-13,19H2;1H. The number of ether oxygens (including phenoxy) is 1. The average Bonchev–Trinajstić information content (AvgIpc) is 2.68. The van der Waals surface area contributed by atoms with Gasteiger partial charge >= 0.3 is 0 Å². The summed E-state index contributed by atoms with van der Waals surface area (Å²) in [5, 5.41) is 8.49. The summed E-state index contributed by atoms with van der Waals surface area (Å²) in [5.74, 6) is 0.0345. The number of hydrogen-bond donors (Lipinski definition) is 1. The van der Waals surface area contributed by atoms with Gasteiger partial charge in [-0.25, -0.2) is 4.68 Å². The minimum Gasteiger partial charge on any atom is -0.378 e. The average molecular weight is 396 g/mol. The Bertz CT molecular complexity index is 805. The van der Waals surface area contributed by atoms with E-state index in [9.17, 15) is 9.59 Å². The van der Waals surface area contributed by atoms with Crippen LogP contribution in [0.2, 0.25) is 0 Å². The Hall–Kier alpha value is -2.03. The molecule has 1 aromatic heterocycles. The smallest absolute Gasteiger partial charge is 0.277 e. The van der Waals surface area contributed by atoms with E-state index in [1.165, 1.54) is 4.68 Å². The maximum atomic E-state index is 12.4. The lowest BCUT2D eigenvalue weighted by molar-refractivity contribution is -0.134. The molecule has 2 N–H and O–H groups in total. The van der Waals surface area contributed by atoms with Crippen molar-refractivity contribution in [1.29, 1.82) is 0 Å². The number of aryl methyl sites for hydroxylation is 1. The summed E-state index contributed by atoms with van der Waals surface area (Å²) in [5.41, 5.74) is 5.82. The second-order valence-electron chi connectivity index (χ2n) is 6.48. The molecule has 9 heteroatoms. The molecule has 148 valence electrons. The summed E-state index contributed by atoms with van der Waals surface area (Å²) in [4.78, 5) is 26.6. The number of carbonyl (C=O) groups excluding carboxylic acids is 1. The number of amides is 1. The number of nitrogens with zero attached hydrogens (tertiary/aromatic N) is 4. The molecule has 2 heterocycles. The highest BCUT2D eigenvalue weighted by molar-refractivity contribution is 5.85. The SMILES string of the molecule is Cl.NCCCOC1CCN(C(=O)CCn2nnc3ccccc3c2=O)CC1. The number of fused-ring (bicyclic) bond motifs is 1. The predicted octanol–water partition coefficient (Wildman–Crippen LogP) is 0.960. The fraction of sp³-hybridized carbons (Fsp3) is 0.556. The van der Waals surface area contributed by atoms with Gasteiger partial charge < -0.3 is 15.4 Å². The zero-order valence-electron chi connectivity index (χ0n) is 15.2. The van der Waals surface area contributed by atoms with E-state index in [0.29, 0.717) is 37.1 Å². The fourth-order valence-electron chi connectivity index (χ4n) is 3.13. The Morgan fingerprint density at radius 1 is 1.26 bits per heavy atom. The Morgan fingerprint density at radius 2 is 2.00 bits per heavy atom. The van der Waals surface area contributed by atoms with Crippen LogP contribution in [0.5, 0.6) is 0 Å². The highest BCUT2D eigenvalue weighted by Gasteiger charge is 2.23. The fourth-order valence-corrected chi connectivity index (χ4v) is 3.13. The predicted molar refractivity (Wildman–Crippen MR) is 105 cm³/mol. The topological polar surface area (TPSA) is 103 Å². The maximum Gasteiger partial charge on any atom is 0.277 e. The minimum absolute atomic E-state index is 0. The van der Waals surface area contributed by atoms with E-state index in [2.05, 4.69) is 10.3 Å². The molecule has 1 aliphatic heterocycles. The van der Waals surface area contributed by atoms with Gasteiger partial charge in [-0.3, -0.25) is 9.59 Å². The van der Waals surface area contributed by atoms with Gasteiger partial charge in [0.2, 0.25) is 5.91 Å². The van der Waals surface area contributed by atoms with Crippen molar-refractivity contribution >= 4 is 29.2 Å². The van der Waals surface area contributed by atoms with Crippen LogP contribution >= 0.6 is 12.4 Å². The summed E-state index contributed by atoms with van der Waals surface area (Å²) in [6.45, 7) is 2.92. The molecule has 1 aromatic carbocycles. The number of hydrogen-bond acceptors (Lipinski definition) is 6. The number of halogens is 1. The normalized spacial score (nSPS) is 14.9. The van der Waals surface area contributed by atoms with Crippen LogP contribution < -0.4 is 11.3 Å². The third kappa shape index (κ3) is 5.47. The van der Waals surface area contributed by atoms with Gasteiger partial charge in [0.05, 0.1) is 18.0 Å². The van der Waals surface area contributed by atoms with Crippen LogP contribution in [0.4, 0.5) is 0 Å². The number of likely N-dealkylation sites (tertiary alicyclic amines) is 1. The van der Waals surface area contributed by atoms with Crippen LogP contribution in [-0.2, 0) is 16.1 Å². The van der Waals surface area contributed by atoms with Gasteiger partial charge in [0.1, 0.15) is 5.52 Å². The number of nitrogens with two attached hydrogens (primary N) is 1. The Morgan fingerprint density at radius 3 is 2.74 bits per heavy atom. The molecule has 0 atom stereocenters. The summed E-state index contributed by atoms with van der Waals surface area (Å²) >= 11 is 0.